The molecule has 0 aliphatic rings. The van der Waals surface area contributed by atoms with Crippen molar-refractivity contribution in [2.45, 2.75) is 41.0 Å². The van der Waals surface area contributed by atoms with E-state index in [2.05, 4.69) is 47.3 Å². The van der Waals surface area contributed by atoms with Crippen molar-refractivity contribution >= 4 is 0 Å². The molecule has 0 amide bonds. The van der Waals surface area contributed by atoms with E-state index < -0.39 is 0 Å². The molecular formula is C11H22. The number of allylic oxidation sites excluding steroid dienone is 1. The van der Waals surface area contributed by atoms with Gasteiger partial charge >= 0.3 is 0 Å². The summed E-state index contributed by atoms with van der Waals surface area (Å²) in [4.78, 5) is 0. The second-order valence-electron chi connectivity index (χ2n) is 4.03. The van der Waals surface area contributed by atoms with Gasteiger partial charge in [-0.05, 0) is 17.3 Å². The van der Waals surface area contributed by atoms with Crippen LogP contribution in [0.3, 0.4) is 0 Å². The Hall–Kier alpha value is -0.260. The lowest BCUT2D eigenvalue weighted by Crippen LogP contribution is -2.28. The zero-order chi connectivity index (χ0) is 9.07. The summed E-state index contributed by atoms with van der Waals surface area (Å²) in [6.45, 7) is 15.3. The lowest BCUT2D eigenvalue weighted by molar-refractivity contribution is 0.187. The van der Waals surface area contributed by atoms with Crippen molar-refractivity contribution in [2.24, 2.45) is 17.3 Å². The summed E-state index contributed by atoms with van der Waals surface area (Å²) >= 11 is 0. The van der Waals surface area contributed by atoms with Gasteiger partial charge in [-0.25, -0.2) is 0 Å². The summed E-state index contributed by atoms with van der Waals surface area (Å²) in [5.74, 6) is 1.43. The first-order chi connectivity index (χ1) is 4.99. The second kappa shape index (κ2) is 3.94. The highest BCUT2D eigenvalue weighted by Gasteiger charge is 2.29. The lowest BCUT2D eigenvalue weighted by atomic mass is 9.69. The molecule has 0 rings (SSSR count). The van der Waals surface area contributed by atoms with Crippen molar-refractivity contribution in [3.8, 4) is 0 Å². The molecule has 0 saturated carbocycles. The lowest BCUT2D eigenvalue weighted by Gasteiger charge is -2.36. The minimum absolute atomic E-state index is 0.314. The molecule has 0 aromatic heterocycles. The van der Waals surface area contributed by atoms with Crippen LogP contribution in [-0.4, -0.2) is 0 Å². The third-order valence-electron chi connectivity index (χ3n) is 3.36. The minimum Gasteiger partial charge on any atom is -0.103 e. The highest BCUT2D eigenvalue weighted by atomic mass is 14.3. The van der Waals surface area contributed by atoms with Crippen molar-refractivity contribution in [3.05, 3.63) is 12.7 Å². The van der Waals surface area contributed by atoms with Crippen molar-refractivity contribution in [2.75, 3.05) is 0 Å². The van der Waals surface area contributed by atoms with E-state index in [1.54, 1.807) is 0 Å². The third kappa shape index (κ3) is 2.08. The van der Waals surface area contributed by atoms with Crippen molar-refractivity contribution in [3.63, 3.8) is 0 Å². The maximum Gasteiger partial charge on any atom is -0.0101 e. The quantitative estimate of drug-likeness (QED) is 0.539. The van der Waals surface area contributed by atoms with E-state index in [-0.39, 0.29) is 0 Å². The number of hydrogen-bond acceptors (Lipinski definition) is 0. The molecule has 66 valence electrons. The predicted molar refractivity (Wildman–Crippen MR) is 52.6 cm³/mol. The van der Waals surface area contributed by atoms with Gasteiger partial charge in [0.05, 0.1) is 0 Å². The van der Waals surface area contributed by atoms with Gasteiger partial charge in [-0.3, -0.25) is 0 Å². The molecule has 0 fully saturated rings. The summed E-state index contributed by atoms with van der Waals surface area (Å²) in [5.41, 5.74) is 0.314. The van der Waals surface area contributed by atoms with E-state index >= 15 is 0 Å². The fraction of sp³-hybridized carbons (Fsp3) is 0.818. The van der Waals surface area contributed by atoms with Crippen molar-refractivity contribution < 1.29 is 0 Å². The molecule has 0 bridgehead atoms. The van der Waals surface area contributed by atoms with Crippen LogP contribution in [0.2, 0.25) is 0 Å². The zero-order valence-corrected chi connectivity index (χ0v) is 8.65. The molecule has 0 heteroatoms. The molecule has 0 heterocycles. The summed E-state index contributed by atoms with van der Waals surface area (Å²) < 4.78 is 0. The molecular weight excluding hydrogens is 132 g/mol. The molecule has 0 aliphatic heterocycles. The van der Waals surface area contributed by atoms with E-state index in [0.717, 1.165) is 5.92 Å². The molecule has 0 aliphatic carbocycles. The molecule has 2 atom stereocenters. The molecule has 0 radical (unpaired) electrons. The Labute approximate surface area is 71.7 Å². The van der Waals surface area contributed by atoms with Crippen LogP contribution in [0.25, 0.3) is 0 Å². The molecule has 11 heavy (non-hydrogen) atoms. The summed E-state index contributed by atoms with van der Waals surface area (Å²) in [6, 6.07) is 0. The Morgan fingerprint density at radius 1 is 1.36 bits per heavy atom. The topological polar surface area (TPSA) is 0 Å². The van der Waals surface area contributed by atoms with Crippen LogP contribution in [0.15, 0.2) is 12.7 Å². The van der Waals surface area contributed by atoms with Gasteiger partial charge in [-0.15, -0.1) is 6.58 Å². The van der Waals surface area contributed by atoms with Gasteiger partial charge in [0.15, 0.2) is 0 Å². The van der Waals surface area contributed by atoms with E-state index in [1.165, 1.54) is 6.42 Å². The first-order valence-electron chi connectivity index (χ1n) is 4.62. The van der Waals surface area contributed by atoms with Gasteiger partial charge in [0.1, 0.15) is 0 Å². The summed E-state index contributed by atoms with van der Waals surface area (Å²) in [6.07, 6.45) is 3.35. The Morgan fingerprint density at radius 2 is 1.82 bits per heavy atom. The Kier molecular flexibility index (Phi) is 3.85. The van der Waals surface area contributed by atoms with E-state index in [9.17, 15) is 0 Å². The summed E-state index contributed by atoms with van der Waals surface area (Å²) in [5, 5.41) is 0. The maximum absolute atomic E-state index is 3.92. The number of rotatable bonds is 4. The minimum atomic E-state index is 0.314. The molecule has 0 nitrogen and oxygen atoms in total. The molecule has 0 aromatic carbocycles. The summed E-state index contributed by atoms with van der Waals surface area (Å²) in [7, 11) is 0. The number of hydrogen-bond donors (Lipinski definition) is 0. The van der Waals surface area contributed by atoms with Crippen LogP contribution < -0.4 is 0 Å². The van der Waals surface area contributed by atoms with E-state index in [1.807, 2.05) is 0 Å². The van der Waals surface area contributed by atoms with Crippen molar-refractivity contribution in [1.82, 2.24) is 0 Å². The average molecular weight is 154 g/mol. The van der Waals surface area contributed by atoms with Crippen LogP contribution in [0.5, 0.6) is 0 Å². The molecule has 0 saturated heterocycles. The van der Waals surface area contributed by atoms with Gasteiger partial charge in [0.2, 0.25) is 0 Å². The Balaban J connectivity index is 4.44. The van der Waals surface area contributed by atoms with Crippen LogP contribution in [0.4, 0.5) is 0 Å². The van der Waals surface area contributed by atoms with Crippen LogP contribution >= 0.6 is 0 Å². The highest BCUT2D eigenvalue weighted by molar-refractivity contribution is 4.96. The predicted octanol–water partition coefficient (Wildman–Crippen LogP) is 3.88. The standard InChI is InChI=1S/C11H22/c1-7-10(5)11(6,8-2)9(3)4/h8-10H,2,7H2,1,3-6H3. The second-order valence-corrected chi connectivity index (χ2v) is 4.03. The van der Waals surface area contributed by atoms with Crippen LogP contribution in [0.1, 0.15) is 41.0 Å². The molecule has 0 aromatic rings. The van der Waals surface area contributed by atoms with Gasteiger partial charge in [-0.2, -0.15) is 0 Å². The monoisotopic (exact) mass is 154 g/mol. The fourth-order valence-corrected chi connectivity index (χ4v) is 1.45. The van der Waals surface area contributed by atoms with Crippen LogP contribution in [0, 0.1) is 17.3 Å². The van der Waals surface area contributed by atoms with Crippen molar-refractivity contribution in [1.29, 1.82) is 0 Å². The fourth-order valence-electron chi connectivity index (χ4n) is 1.45. The molecule has 0 N–H and O–H groups in total. The third-order valence-corrected chi connectivity index (χ3v) is 3.36. The zero-order valence-electron chi connectivity index (χ0n) is 8.65. The Bertz CT molecular complexity index is 124. The van der Waals surface area contributed by atoms with Crippen LogP contribution in [-0.2, 0) is 0 Å². The van der Waals surface area contributed by atoms with Gasteiger partial charge in [0, 0.05) is 0 Å². The maximum atomic E-state index is 3.92. The average Bonchev–Trinajstić information content (AvgIpc) is 2.01. The van der Waals surface area contributed by atoms with E-state index in [0.29, 0.717) is 11.3 Å². The normalized spacial score (nSPS) is 19.5. The van der Waals surface area contributed by atoms with E-state index in [4.69, 9.17) is 0 Å². The molecule has 2 unspecified atom stereocenters. The smallest absolute Gasteiger partial charge is 0.0101 e. The Morgan fingerprint density at radius 3 is 1.91 bits per heavy atom. The SMILES string of the molecule is C=CC(C)(C(C)C)C(C)CC. The first kappa shape index (κ1) is 10.7. The highest BCUT2D eigenvalue weighted by Crippen LogP contribution is 2.37. The molecule has 0 spiro atoms. The van der Waals surface area contributed by atoms with Gasteiger partial charge in [0.25, 0.3) is 0 Å². The largest absolute Gasteiger partial charge is 0.103 e. The van der Waals surface area contributed by atoms with Gasteiger partial charge in [-0.1, -0.05) is 47.1 Å². The van der Waals surface area contributed by atoms with Gasteiger partial charge < -0.3 is 0 Å². The first-order valence-corrected chi connectivity index (χ1v) is 4.62.